The molecule has 0 bridgehead atoms. The van der Waals surface area contributed by atoms with E-state index < -0.39 is 7.59 Å². The van der Waals surface area contributed by atoms with Gasteiger partial charge in [-0.05, 0) is 0 Å². The molecule has 0 spiro atoms. The van der Waals surface area contributed by atoms with E-state index in [1.165, 1.54) is 0 Å². The summed E-state index contributed by atoms with van der Waals surface area (Å²) in [5.41, 5.74) is 15.0. The van der Waals surface area contributed by atoms with Gasteiger partial charge in [-0.1, -0.05) is 0 Å². The molecule has 0 aromatic heterocycles. The van der Waals surface area contributed by atoms with E-state index >= 15 is 0 Å². The molecule has 0 unspecified atom stereocenters. The van der Waals surface area contributed by atoms with Gasteiger partial charge in [-0.15, -0.1) is 4.88 Å². The van der Waals surface area contributed by atoms with Crippen molar-refractivity contribution in [3.05, 3.63) is 0 Å². The Morgan fingerprint density at radius 3 is 1.83 bits per heavy atom. The number of nitrogens with zero attached hydrogens (tertiary/aromatic N) is 1. The highest BCUT2D eigenvalue weighted by molar-refractivity contribution is 7.57. The van der Waals surface area contributed by atoms with Crippen molar-refractivity contribution in [2.75, 3.05) is 0 Å². The lowest BCUT2D eigenvalue weighted by Gasteiger charge is -1.88. The first-order valence-corrected chi connectivity index (χ1v) is 2.92. The van der Waals surface area contributed by atoms with Crippen LogP contribution in [0.5, 0.6) is 0 Å². The number of nitrogens with one attached hydrogen (secondary N) is 1. The molecule has 0 aliphatic carbocycles. The van der Waals surface area contributed by atoms with Crippen LogP contribution >= 0.6 is 7.59 Å². The molecule has 0 radical (unpaired) electrons. The molecule has 0 saturated heterocycles. The molecule has 0 atom stereocenters. The lowest BCUT2D eigenvalue weighted by molar-refractivity contribution is 0.575. The molecule has 0 rings (SSSR count). The van der Waals surface area contributed by atoms with E-state index in [-0.39, 0.29) is 0 Å². The number of hydrogen-bond donors (Lipinski definition) is 3. The van der Waals surface area contributed by atoms with E-state index in [0.717, 1.165) is 0 Å². The van der Waals surface area contributed by atoms with Crippen molar-refractivity contribution in [3.63, 3.8) is 0 Å². The molecule has 0 saturated carbocycles. The number of rotatable bonds is 1. The summed E-state index contributed by atoms with van der Waals surface area (Å²) in [4.78, 5) is 2.38. The molecule has 0 fully saturated rings. The predicted molar refractivity (Wildman–Crippen MR) is 21.1 cm³/mol. The molecule has 0 aromatic carbocycles. The van der Waals surface area contributed by atoms with Crippen molar-refractivity contribution in [3.8, 4) is 0 Å². The van der Waals surface area contributed by atoms with Crippen LogP contribution in [-0.4, -0.2) is 0 Å². The lowest BCUT2D eigenvalue weighted by atomic mass is 13.3. The average Bonchev–Trinajstić information content (AvgIpc) is 1.35. The second-order valence-corrected chi connectivity index (χ2v) is 2.32. The summed E-state index contributed by atoms with van der Waals surface area (Å²) in [5, 5.41) is 0. The van der Waals surface area contributed by atoms with E-state index in [1.54, 1.807) is 0 Å². The Kier molecular flexibility index (Phi) is 1.40. The number of nitrogens with two attached hydrogens (primary N) is 2. The summed E-state index contributed by atoms with van der Waals surface area (Å²) in [6.45, 7) is 0. The molecule has 5 N–H and O–H groups in total. The number of hydrogen-bond acceptors (Lipinski definition) is 2. The molecule has 0 aromatic rings. The first-order chi connectivity index (χ1) is 2.56. The maximum Gasteiger partial charge on any atom is 0.336 e. The minimum Gasteiger partial charge on any atom is -0.261 e. The Morgan fingerprint density at radius 1 is 1.67 bits per heavy atom. The Bertz CT molecular complexity index is 89.7. The van der Waals surface area contributed by atoms with Crippen LogP contribution in [0.3, 0.4) is 0 Å². The van der Waals surface area contributed by atoms with Crippen molar-refractivity contribution in [1.29, 1.82) is 5.53 Å². The monoisotopic (exact) mass is 108 g/mol. The van der Waals surface area contributed by atoms with Crippen LogP contribution in [0.25, 0.3) is 0 Å². The molecule has 0 amide bonds. The topological polar surface area (TPSA) is 105 Å². The van der Waals surface area contributed by atoms with Crippen molar-refractivity contribution in [2.45, 2.75) is 0 Å². The summed E-state index contributed by atoms with van der Waals surface area (Å²) in [6, 6.07) is 0. The van der Waals surface area contributed by atoms with Crippen molar-refractivity contribution in [1.82, 2.24) is 0 Å². The third-order valence-electron chi connectivity index (χ3n) is 0.156. The van der Waals surface area contributed by atoms with Crippen molar-refractivity contribution < 1.29 is 4.57 Å². The smallest absolute Gasteiger partial charge is 0.261 e. The molecule has 36 valence electrons. The maximum absolute atomic E-state index is 9.78. The normalized spacial score (nSPS) is 11.0. The van der Waals surface area contributed by atoms with Gasteiger partial charge in [0.05, 0.1) is 0 Å². The summed E-state index contributed by atoms with van der Waals surface area (Å²) in [6.07, 6.45) is 0. The highest BCUT2D eigenvalue weighted by atomic mass is 31.2. The highest BCUT2D eigenvalue weighted by Gasteiger charge is 1.99. The zero-order valence-electron chi connectivity index (χ0n) is 2.96. The molecular formula is H5N4OP. The van der Waals surface area contributed by atoms with Crippen LogP contribution in [0.2, 0.25) is 0 Å². The van der Waals surface area contributed by atoms with Gasteiger partial charge in [-0.2, -0.15) is 0 Å². The van der Waals surface area contributed by atoms with Crippen molar-refractivity contribution in [2.24, 2.45) is 15.9 Å². The van der Waals surface area contributed by atoms with E-state index in [2.05, 4.69) is 15.9 Å². The molecular weight excluding hydrogens is 103 g/mol. The fraction of sp³-hybridized carbons (Fsp3) is 0. The summed E-state index contributed by atoms with van der Waals surface area (Å²) in [7, 11) is -3.35. The summed E-state index contributed by atoms with van der Waals surface area (Å²) < 4.78 is 9.78. The first-order valence-electron chi connectivity index (χ1n) is 1.12. The first kappa shape index (κ1) is 5.75. The predicted octanol–water partition coefficient (Wildman–Crippen LogP) is 0.0429. The van der Waals surface area contributed by atoms with Crippen LogP contribution in [0, 0.1) is 5.53 Å². The van der Waals surface area contributed by atoms with Gasteiger partial charge in [0.15, 0.2) is 0 Å². The summed E-state index contributed by atoms with van der Waals surface area (Å²) in [5.74, 6) is 0. The van der Waals surface area contributed by atoms with E-state index in [1.807, 2.05) is 0 Å². The second kappa shape index (κ2) is 1.47. The third-order valence-corrected chi connectivity index (χ3v) is 0.469. The van der Waals surface area contributed by atoms with Gasteiger partial charge in [-0.25, -0.2) is 16.5 Å². The quantitative estimate of drug-likeness (QED) is 0.326. The van der Waals surface area contributed by atoms with Crippen LogP contribution in [0.1, 0.15) is 0 Å². The van der Waals surface area contributed by atoms with Crippen LogP contribution in [-0.2, 0) is 4.57 Å². The Hall–Kier alpha value is -0.250. The standard InChI is InChI=1S/H5N4OP/c1-4-6(2,3)5/h1H,(H4,2,3,5). The molecule has 5 nitrogen and oxygen atoms in total. The van der Waals surface area contributed by atoms with E-state index in [4.69, 9.17) is 5.53 Å². The Labute approximate surface area is 34.7 Å². The molecule has 0 aliphatic heterocycles. The van der Waals surface area contributed by atoms with E-state index in [9.17, 15) is 4.57 Å². The van der Waals surface area contributed by atoms with Crippen molar-refractivity contribution >= 4 is 7.59 Å². The van der Waals surface area contributed by atoms with Crippen LogP contribution in [0.15, 0.2) is 4.88 Å². The molecule has 6 heteroatoms. The minimum atomic E-state index is -3.35. The SMILES string of the molecule is N=NP(N)(N)=O. The van der Waals surface area contributed by atoms with Gasteiger partial charge >= 0.3 is 7.59 Å². The molecule has 0 aliphatic rings. The zero-order chi connectivity index (χ0) is 5.21. The summed E-state index contributed by atoms with van der Waals surface area (Å²) >= 11 is 0. The lowest BCUT2D eigenvalue weighted by Crippen LogP contribution is -1.99. The maximum atomic E-state index is 9.78. The van der Waals surface area contributed by atoms with Gasteiger partial charge in [0.1, 0.15) is 0 Å². The second-order valence-electron chi connectivity index (χ2n) is 0.772. The van der Waals surface area contributed by atoms with Gasteiger partial charge < -0.3 is 0 Å². The van der Waals surface area contributed by atoms with Crippen LogP contribution < -0.4 is 11.0 Å². The fourth-order valence-electron chi connectivity index (χ4n) is 0. The largest absolute Gasteiger partial charge is 0.336 e. The zero-order valence-corrected chi connectivity index (χ0v) is 3.85. The Morgan fingerprint density at radius 2 is 1.83 bits per heavy atom. The minimum absolute atomic E-state index is 2.38. The Balaban J connectivity index is 3.81. The fourth-order valence-corrected chi connectivity index (χ4v) is 0. The van der Waals surface area contributed by atoms with Gasteiger partial charge in [0.25, 0.3) is 0 Å². The van der Waals surface area contributed by atoms with Gasteiger partial charge in [0, 0.05) is 0 Å². The highest BCUT2D eigenvalue weighted by Crippen LogP contribution is 2.24. The van der Waals surface area contributed by atoms with E-state index in [0.29, 0.717) is 0 Å². The van der Waals surface area contributed by atoms with Crippen LogP contribution in [0.4, 0.5) is 0 Å². The molecule has 6 heavy (non-hydrogen) atoms. The van der Waals surface area contributed by atoms with Gasteiger partial charge in [0.2, 0.25) is 0 Å². The average molecular weight is 108 g/mol. The third kappa shape index (κ3) is 3.75. The molecule has 0 heterocycles. The van der Waals surface area contributed by atoms with Gasteiger partial charge in [-0.3, -0.25) is 4.57 Å².